The number of hydrogen-bond acceptors (Lipinski definition) is 4. The first-order valence-corrected chi connectivity index (χ1v) is 7.26. The van der Waals surface area contributed by atoms with Gasteiger partial charge in [-0.15, -0.1) is 0 Å². The molecule has 0 aliphatic heterocycles. The summed E-state index contributed by atoms with van der Waals surface area (Å²) in [6.07, 6.45) is 0.273. The van der Waals surface area contributed by atoms with Crippen molar-refractivity contribution >= 4 is 15.7 Å². The molecule has 1 aromatic carbocycles. The molecular formula is C13H13FN2O3S. The van der Waals surface area contributed by atoms with Gasteiger partial charge in [-0.2, -0.15) is 5.26 Å². The molecule has 2 N–H and O–H groups in total. The molecule has 106 valence electrons. The lowest BCUT2D eigenvalue weighted by Gasteiger charge is -2.10. The third-order valence-electron chi connectivity index (χ3n) is 2.34. The van der Waals surface area contributed by atoms with E-state index in [1.807, 2.05) is 4.72 Å². The van der Waals surface area contributed by atoms with E-state index in [0.717, 1.165) is 6.07 Å². The Bertz CT molecular complexity index is 684. The standard InChI is InChI=1S/C13H13FN2O3S/c1-10(9-15)20(18,19)16-13-6-5-11(8-12(13)14)4-2-3-7-17/h5-6,8,10,16-17H,3,7H2,1H3. The fourth-order valence-corrected chi connectivity index (χ4v) is 1.99. The summed E-state index contributed by atoms with van der Waals surface area (Å²) < 4.78 is 39.0. The molecule has 0 aliphatic rings. The Labute approximate surface area is 117 Å². The van der Waals surface area contributed by atoms with Crippen molar-refractivity contribution in [1.29, 1.82) is 5.26 Å². The largest absolute Gasteiger partial charge is 0.395 e. The molecule has 1 atom stereocenters. The Morgan fingerprint density at radius 2 is 2.20 bits per heavy atom. The maximum atomic E-state index is 13.7. The molecule has 0 amide bonds. The van der Waals surface area contributed by atoms with E-state index in [-0.39, 0.29) is 18.7 Å². The van der Waals surface area contributed by atoms with Crippen molar-refractivity contribution in [3.05, 3.63) is 29.6 Å². The molecule has 0 aromatic heterocycles. The van der Waals surface area contributed by atoms with E-state index in [2.05, 4.69) is 11.8 Å². The molecule has 0 spiro atoms. The number of aliphatic hydroxyl groups is 1. The van der Waals surface area contributed by atoms with Crippen LogP contribution < -0.4 is 4.72 Å². The van der Waals surface area contributed by atoms with Crippen molar-refractivity contribution in [3.63, 3.8) is 0 Å². The third kappa shape index (κ3) is 4.23. The fourth-order valence-electron chi connectivity index (χ4n) is 1.21. The Kier molecular flexibility index (Phi) is 5.51. The van der Waals surface area contributed by atoms with E-state index in [1.165, 1.54) is 19.1 Å². The topological polar surface area (TPSA) is 90.2 Å². The van der Waals surface area contributed by atoms with Gasteiger partial charge in [0.05, 0.1) is 18.4 Å². The molecule has 1 aromatic rings. The SMILES string of the molecule is CC(C#N)S(=O)(=O)Nc1ccc(C#CCCO)cc1F. The van der Waals surface area contributed by atoms with Gasteiger partial charge in [-0.25, -0.2) is 12.8 Å². The molecule has 5 nitrogen and oxygen atoms in total. The summed E-state index contributed by atoms with van der Waals surface area (Å²) in [6.45, 7) is 1.12. The molecule has 0 heterocycles. The first kappa shape index (κ1) is 16.0. The van der Waals surface area contributed by atoms with Gasteiger partial charge in [0, 0.05) is 12.0 Å². The molecule has 7 heteroatoms. The van der Waals surface area contributed by atoms with Crippen LogP contribution in [0.3, 0.4) is 0 Å². The van der Waals surface area contributed by atoms with E-state index in [4.69, 9.17) is 10.4 Å². The van der Waals surface area contributed by atoms with Gasteiger partial charge in [0.2, 0.25) is 10.0 Å². The average molecular weight is 296 g/mol. The molecular weight excluding hydrogens is 283 g/mol. The van der Waals surface area contributed by atoms with Crippen molar-refractivity contribution in [2.75, 3.05) is 11.3 Å². The van der Waals surface area contributed by atoms with E-state index in [1.54, 1.807) is 6.07 Å². The maximum Gasteiger partial charge on any atom is 0.248 e. The zero-order valence-corrected chi connectivity index (χ0v) is 11.5. The van der Waals surface area contributed by atoms with Gasteiger partial charge in [-0.1, -0.05) is 11.8 Å². The van der Waals surface area contributed by atoms with Gasteiger partial charge < -0.3 is 5.11 Å². The highest BCUT2D eigenvalue weighted by molar-refractivity contribution is 7.93. The Morgan fingerprint density at radius 3 is 2.75 bits per heavy atom. The van der Waals surface area contributed by atoms with E-state index in [0.29, 0.717) is 5.56 Å². The van der Waals surface area contributed by atoms with Gasteiger partial charge in [0.25, 0.3) is 0 Å². The third-order valence-corrected chi connectivity index (χ3v) is 3.88. The lowest BCUT2D eigenvalue weighted by Crippen LogP contribution is -2.24. The normalized spacial score (nSPS) is 11.9. The van der Waals surface area contributed by atoms with Crippen LogP contribution in [-0.2, 0) is 10.0 Å². The number of anilines is 1. The van der Waals surface area contributed by atoms with Crippen molar-refractivity contribution in [3.8, 4) is 17.9 Å². The number of rotatable bonds is 4. The van der Waals surface area contributed by atoms with Crippen molar-refractivity contribution < 1.29 is 17.9 Å². The first-order chi connectivity index (χ1) is 9.40. The van der Waals surface area contributed by atoms with Gasteiger partial charge in [-0.3, -0.25) is 4.72 Å². The smallest absolute Gasteiger partial charge is 0.248 e. The minimum absolute atomic E-state index is 0.0839. The predicted octanol–water partition coefficient (Wildman–Crippen LogP) is 1.21. The van der Waals surface area contributed by atoms with Crippen LogP contribution in [0.25, 0.3) is 0 Å². The molecule has 20 heavy (non-hydrogen) atoms. The van der Waals surface area contributed by atoms with Crippen molar-refractivity contribution in [2.24, 2.45) is 0 Å². The summed E-state index contributed by atoms with van der Waals surface area (Å²) in [4.78, 5) is 0. The second kappa shape index (κ2) is 6.90. The van der Waals surface area contributed by atoms with Crippen LogP contribution in [0.5, 0.6) is 0 Å². The Balaban J connectivity index is 2.96. The van der Waals surface area contributed by atoms with E-state index in [9.17, 15) is 12.8 Å². The monoisotopic (exact) mass is 296 g/mol. The van der Waals surface area contributed by atoms with Gasteiger partial charge in [0.15, 0.2) is 5.25 Å². The van der Waals surface area contributed by atoms with Gasteiger partial charge >= 0.3 is 0 Å². The highest BCUT2D eigenvalue weighted by Crippen LogP contribution is 2.18. The number of sulfonamides is 1. The minimum Gasteiger partial charge on any atom is -0.395 e. The van der Waals surface area contributed by atoms with Crippen molar-refractivity contribution in [1.82, 2.24) is 0 Å². The van der Waals surface area contributed by atoms with Crippen LogP contribution in [0.4, 0.5) is 10.1 Å². The van der Waals surface area contributed by atoms with Gasteiger partial charge in [0.1, 0.15) is 5.82 Å². The van der Waals surface area contributed by atoms with Crippen LogP contribution in [0, 0.1) is 29.0 Å². The average Bonchev–Trinajstić information content (AvgIpc) is 2.41. The molecule has 0 fully saturated rings. The van der Waals surface area contributed by atoms with Crippen molar-refractivity contribution in [2.45, 2.75) is 18.6 Å². The number of hydrogen-bond donors (Lipinski definition) is 2. The second-order valence-electron chi connectivity index (χ2n) is 3.89. The molecule has 0 saturated heterocycles. The molecule has 1 rings (SSSR count). The Hall–Kier alpha value is -2.09. The zero-order chi connectivity index (χ0) is 15.2. The van der Waals surface area contributed by atoms with Gasteiger partial charge in [-0.05, 0) is 25.1 Å². The fraction of sp³-hybridized carbons (Fsp3) is 0.308. The number of aliphatic hydroxyl groups excluding tert-OH is 1. The van der Waals surface area contributed by atoms with Crippen LogP contribution >= 0.6 is 0 Å². The quantitative estimate of drug-likeness (QED) is 0.817. The maximum absolute atomic E-state index is 13.7. The first-order valence-electron chi connectivity index (χ1n) is 5.71. The summed E-state index contributed by atoms with van der Waals surface area (Å²) in [5.74, 6) is 4.47. The van der Waals surface area contributed by atoms with Crippen LogP contribution in [0.2, 0.25) is 0 Å². The summed E-state index contributed by atoms with van der Waals surface area (Å²) in [7, 11) is -3.94. The number of nitrogens with one attached hydrogen (secondary N) is 1. The summed E-state index contributed by atoms with van der Waals surface area (Å²) >= 11 is 0. The highest BCUT2D eigenvalue weighted by atomic mass is 32.2. The molecule has 0 radical (unpaired) electrons. The number of benzene rings is 1. The van der Waals surface area contributed by atoms with E-state index < -0.39 is 21.1 Å². The summed E-state index contributed by atoms with van der Waals surface area (Å²) in [5, 5.41) is 15.9. The van der Waals surface area contributed by atoms with Crippen LogP contribution in [0.15, 0.2) is 18.2 Å². The van der Waals surface area contributed by atoms with Crippen LogP contribution in [0.1, 0.15) is 18.9 Å². The minimum atomic E-state index is -3.94. The lowest BCUT2D eigenvalue weighted by molar-refractivity contribution is 0.305. The zero-order valence-electron chi connectivity index (χ0n) is 10.7. The lowest BCUT2D eigenvalue weighted by atomic mass is 10.2. The molecule has 0 aliphatic carbocycles. The number of nitriles is 1. The van der Waals surface area contributed by atoms with Crippen LogP contribution in [-0.4, -0.2) is 25.4 Å². The predicted molar refractivity (Wildman–Crippen MR) is 72.6 cm³/mol. The summed E-state index contributed by atoms with van der Waals surface area (Å²) in [5.41, 5.74) is 0.132. The molecule has 1 unspecified atom stereocenters. The highest BCUT2D eigenvalue weighted by Gasteiger charge is 2.21. The second-order valence-corrected chi connectivity index (χ2v) is 5.89. The summed E-state index contributed by atoms with van der Waals surface area (Å²) in [6, 6.07) is 5.34. The van der Waals surface area contributed by atoms with E-state index >= 15 is 0 Å². The molecule has 0 bridgehead atoms. The Morgan fingerprint density at radius 1 is 1.50 bits per heavy atom. The molecule has 0 saturated carbocycles. The number of nitrogens with zero attached hydrogens (tertiary/aromatic N) is 1. The number of halogens is 1.